The number of ether oxygens (including phenoxy) is 1. The molecular weight excluding hydrogens is 238 g/mol. The molecule has 1 amide bonds. The van der Waals surface area contributed by atoms with Crippen LogP contribution in [0.5, 0.6) is 5.75 Å². The second-order valence-electron chi connectivity index (χ2n) is 3.68. The van der Waals surface area contributed by atoms with Gasteiger partial charge in [0.15, 0.2) is 5.78 Å². The largest absolute Gasteiger partial charge is 0.496 e. The van der Waals surface area contributed by atoms with Crippen molar-refractivity contribution in [2.45, 2.75) is 11.8 Å². The minimum absolute atomic E-state index is 0.0354. The molecule has 5 heteroatoms. The summed E-state index contributed by atoms with van der Waals surface area (Å²) in [7, 11) is 4.89. The smallest absolute Gasteiger partial charge is 0.286 e. The quantitative estimate of drug-likeness (QED) is 0.613. The molecule has 0 aromatic heterocycles. The van der Waals surface area contributed by atoms with Gasteiger partial charge in [-0.05, 0) is 36.9 Å². The number of nitrogens with zero attached hydrogens (tertiary/aromatic N) is 1. The monoisotopic (exact) mass is 253 g/mol. The molecule has 0 atom stereocenters. The standard InChI is InChI=1S/C12H15NO3S/c1-8(14)9-5-6-10(16-4)11(7-9)17-12(15)13(2)3/h5-7H,1-4H3. The van der Waals surface area contributed by atoms with Crippen LogP contribution < -0.4 is 4.74 Å². The number of rotatable bonds is 3. The predicted molar refractivity (Wildman–Crippen MR) is 67.9 cm³/mol. The van der Waals surface area contributed by atoms with E-state index < -0.39 is 0 Å². The van der Waals surface area contributed by atoms with Crippen LogP contribution in [-0.2, 0) is 0 Å². The first-order valence-electron chi connectivity index (χ1n) is 5.03. The van der Waals surface area contributed by atoms with E-state index in [2.05, 4.69) is 0 Å². The summed E-state index contributed by atoms with van der Waals surface area (Å²) < 4.78 is 5.16. The lowest BCUT2D eigenvalue weighted by atomic mass is 10.1. The Labute approximate surface area is 105 Å². The Balaban J connectivity index is 3.06. The van der Waals surface area contributed by atoms with Crippen molar-refractivity contribution in [3.05, 3.63) is 23.8 Å². The van der Waals surface area contributed by atoms with E-state index in [0.29, 0.717) is 16.2 Å². The Bertz CT molecular complexity index is 443. The fourth-order valence-corrected chi connectivity index (χ4v) is 1.97. The third-order valence-corrected chi connectivity index (χ3v) is 3.21. The van der Waals surface area contributed by atoms with Crippen molar-refractivity contribution in [3.8, 4) is 5.75 Å². The van der Waals surface area contributed by atoms with Gasteiger partial charge in [-0.25, -0.2) is 0 Å². The van der Waals surface area contributed by atoms with Crippen LogP contribution in [0.1, 0.15) is 17.3 Å². The zero-order chi connectivity index (χ0) is 13.0. The maximum atomic E-state index is 11.6. The molecule has 0 aliphatic heterocycles. The third kappa shape index (κ3) is 3.49. The van der Waals surface area contributed by atoms with E-state index in [1.165, 1.54) is 18.9 Å². The van der Waals surface area contributed by atoms with Crippen molar-refractivity contribution in [2.75, 3.05) is 21.2 Å². The highest BCUT2D eigenvalue weighted by Gasteiger charge is 2.13. The van der Waals surface area contributed by atoms with Crippen LogP contribution in [0.25, 0.3) is 0 Å². The van der Waals surface area contributed by atoms with Crippen LogP contribution in [0.2, 0.25) is 0 Å². The third-order valence-electron chi connectivity index (χ3n) is 2.13. The number of benzene rings is 1. The summed E-state index contributed by atoms with van der Waals surface area (Å²) in [6.07, 6.45) is 0. The van der Waals surface area contributed by atoms with E-state index in [4.69, 9.17) is 4.74 Å². The molecule has 1 aromatic rings. The highest BCUT2D eigenvalue weighted by molar-refractivity contribution is 8.13. The molecule has 1 rings (SSSR count). The lowest BCUT2D eigenvalue weighted by Crippen LogP contribution is -2.16. The average Bonchev–Trinajstić information content (AvgIpc) is 2.28. The van der Waals surface area contributed by atoms with E-state index in [-0.39, 0.29) is 11.0 Å². The summed E-state index contributed by atoms with van der Waals surface area (Å²) in [6, 6.07) is 5.06. The highest BCUT2D eigenvalue weighted by Crippen LogP contribution is 2.31. The first kappa shape index (κ1) is 13.6. The maximum absolute atomic E-state index is 11.6. The summed E-state index contributed by atoms with van der Waals surface area (Å²) in [5, 5.41) is -0.107. The van der Waals surface area contributed by atoms with Crippen LogP contribution in [0, 0.1) is 0 Å². The van der Waals surface area contributed by atoms with Crippen LogP contribution in [0.4, 0.5) is 4.79 Å². The molecule has 0 unspecified atom stereocenters. The number of hydrogen-bond donors (Lipinski definition) is 0. The highest BCUT2D eigenvalue weighted by atomic mass is 32.2. The van der Waals surface area contributed by atoms with Gasteiger partial charge in [0, 0.05) is 19.7 Å². The van der Waals surface area contributed by atoms with E-state index in [9.17, 15) is 9.59 Å². The molecule has 0 fully saturated rings. The molecule has 0 radical (unpaired) electrons. The van der Waals surface area contributed by atoms with Crippen LogP contribution >= 0.6 is 11.8 Å². The van der Waals surface area contributed by atoms with Crippen molar-refractivity contribution in [2.24, 2.45) is 0 Å². The van der Waals surface area contributed by atoms with Crippen LogP contribution in [0.15, 0.2) is 23.1 Å². The van der Waals surface area contributed by atoms with E-state index >= 15 is 0 Å². The van der Waals surface area contributed by atoms with Gasteiger partial charge in [0.2, 0.25) is 0 Å². The summed E-state index contributed by atoms with van der Waals surface area (Å²) in [6.45, 7) is 1.49. The number of thioether (sulfide) groups is 1. The molecule has 1 aromatic carbocycles. The van der Waals surface area contributed by atoms with Crippen molar-refractivity contribution >= 4 is 22.8 Å². The minimum Gasteiger partial charge on any atom is -0.496 e. The predicted octanol–water partition coefficient (Wildman–Crippen LogP) is 2.67. The molecule has 92 valence electrons. The number of hydrogen-bond acceptors (Lipinski definition) is 4. The number of methoxy groups -OCH3 is 1. The maximum Gasteiger partial charge on any atom is 0.286 e. The first-order valence-corrected chi connectivity index (χ1v) is 5.85. The second-order valence-corrected chi connectivity index (χ2v) is 4.68. The van der Waals surface area contributed by atoms with E-state index in [1.54, 1.807) is 32.3 Å². The molecule has 4 nitrogen and oxygen atoms in total. The Hall–Kier alpha value is -1.49. The number of carbonyl (C=O) groups is 2. The minimum atomic E-state index is -0.107. The zero-order valence-electron chi connectivity index (χ0n) is 10.3. The SMILES string of the molecule is COc1ccc(C(C)=O)cc1SC(=O)N(C)C. The Kier molecular flexibility index (Phi) is 4.57. The molecular formula is C12H15NO3S. The molecule has 0 aliphatic rings. The molecule has 0 bridgehead atoms. The molecule has 0 saturated carbocycles. The Morgan fingerprint density at radius 1 is 1.29 bits per heavy atom. The molecule has 0 heterocycles. The number of ketones is 1. The topological polar surface area (TPSA) is 46.6 Å². The average molecular weight is 253 g/mol. The fraction of sp³-hybridized carbons (Fsp3) is 0.333. The molecule has 17 heavy (non-hydrogen) atoms. The molecule has 0 spiro atoms. The van der Waals surface area contributed by atoms with Crippen molar-refractivity contribution in [1.82, 2.24) is 4.90 Å². The van der Waals surface area contributed by atoms with Gasteiger partial charge in [0.1, 0.15) is 5.75 Å². The molecule has 0 aliphatic carbocycles. The summed E-state index contributed by atoms with van der Waals surface area (Å²) in [5.74, 6) is 0.557. The van der Waals surface area contributed by atoms with Gasteiger partial charge < -0.3 is 9.64 Å². The van der Waals surface area contributed by atoms with Crippen molar-refractivity contribution in [1.29, 1.82) is 0 Å². The Morgan fingerprint density at radius 3 is 2.41 bits per heavy atom. The lowest BCUT2D eigenvalue weighted by molar-refractivity contribution is 0.101. The number of carbonyl (C=O) groups excluding carboxylic acids is 2. The van der Waals surface area contributed by atoms with Gasteiger partial charge in [-0.1, -0.05) is 0 Å². The summed E-state index contributed by atoms with van der Waals surface area (Å²) in [5.41, 5.74) is 0.569. The number of Topliss-reactive ketones (excluding diaryl/α,β-unsaturated/α-hetero) is 1. The fourth-order valence-electron chi connectivity index (χ4n) is 1.16. The van der Waals surface area contributed by atoms with E-state index in [1.807, 2.05) is 0 Å². The van der Waals surface area contributed by atoms with Gasteiger partial charge in [-0.3, -0.25) is 9.59 Å². The molecule has 0 N–H and O–H groups in total. The lowest BCUT2D eigenvalue weighted by Gasteiger charge is -2.12. The summed E-state index contributed by atoms with van der Waals surface area (Å²) in [4.78, 5) is 25.0. The van der Waals surface area contributed by atoms with Gasteiger partial charge in [0.25, 0.3) is 5.24 Å². The van der Waals surface area contributed by atoms with E-state index in [0.717, 1.165) is 11.8 Å². The van der Waals surface area contributed by atoms with Crippen LogP contribution in [-0.4, -0.2) is 37.1 Å². The normalized spacial score (nSPS) is 9.88. The zero-order valence-corrected chi connectivity index (χ0v) is 11.1. The van der Waals surface area contributed by atoms with Crippen LogP contribution in [0.3, 0.4) is 0 Å². The van der Waals surface area contributed by atoms with Gasteiger partial charge >= 0.3 is 0 Å². The number of amides is 1. The summed E-state index contributed by atoms with van der Waals surface area (Å²) >= 11 is 1.04. The molecule has 0 saturated heterocycles. The first-order chi connectivity index (χ1) is 7.95. The van der Waals surface area contributed by atoms with Crippen molar-refractivity contribution in [3.63, 3.8) is 0 Å². The van der Waals surface area contributed by atoms with Crippen molar-refractivity contribution < 1.29 is 14.3 Å². The van der Waals surface area contributed by atoms with Gasteiger partial charge in [-0.2, -0.15) is 0 Å². The Morgan fingerprint density at radius 2 is 1.94 bits per heavy atom. The van der Waals surface area contributed by atoms with Gasteiger partial charge in [0.05, 0.1) is 12.0 Å². The second kappa shape index (κ2) is 5.72. The van der Waals surface area contributed by atoms with Gasteiger partial charge in [-0.15, -0.1) is 0 Å².